The Morgan fingerprint density at radius 2 is 1.70 bits per heavy atom. The highest BCUT2D eigenvalue weighted by Gasteiger charge is 2.49. The molecule has 0 heterocycles. The second kappa shape index (κ2) is 8.49. The van der Waals surface area contributed by atoms with Gasteiger partial charge in [-0.3, -0.25) is 0 Å². The first-order chi connectivity index (χ1) is 10.9. The number of hydrogen-bond acceptors (Lipinski definition) is 4. The van der Waals surface area contributed by atoms with E-state index in [9.17, 15) is 10.1 Å². The van der Waals surface area contributed by atoms with Gasteiger partial charge in [-0.1, -0.05) is 44.5 Å². The molecule has 0 aliphatic carbocycles. The first-order valence-corrected chi connectivity index (χ1v) is 10.9. The van der Waals surface area contributed by atoms with Gasteiger partial charge in [0.1, 0.15) is 6.07 Å². The lowest BCUT2D eigenvalue weighted by molar-refractivity contribution is -0.158. The number of nitriles is 1. The number of carbonyl (C=O) groups is 1. The van der Waals surface area contributed by atoms with Gasteiger partial charge in [0.25, 0.3) is 5.60 Å². The SMILES string of the molecule is CCOC(=O)C(C#N)(O[Si](CC)(CC)CC)c1ccc(Cl)cc1. The number of rotatable bonds is 8. The molecule has 1 unspecified atom stereocenters. The van der Waals surface area contributed by atoms with E-state index in [1.807, 2.05) is 20.8 Å². The van der Waals surface area contributed by atoms with Crippen molar-refractivity contribution in [2.75, 3.05) is 6.61 Å². The van der Waals surface area contributed by atoms with Gasteiger partial charge in [0, 0.05) is 10.6 Å². The maximum absolute atomic E-state index is 12.6. The summed E-state index contributed by atoms with van der Waals surface area (Å²) in [5.41, 5.74) is -1.26. The number of hydrogen-bond donors (Lipinski definition) is 0. The van der Waals surface area contributed by atoms with Gasteiger partial charge in [0.15, 0.2) is 8.32 Å². The predicted molar refractivity (Wildman–Crippen MR) is 93.7 cm³/mol. The van der Waals surface area contributed by atoms with Crippen LogP contribution in [0.2, 0.25) is 23.2 Å². The van der Waals surface area contributed by atoms with Crippen LogP contribution in [0.5, 0.6) is 0 Å². The molecule has 0 saturated carbocycles. The minimum absolute atomic E-state index is 0.193. The summed E-state index contributed by atoms with van der Waals surface area (Å²) in [7, 11) is -2.22. The van der Waals surface area contributed by atoms with Crippen molar-refractivity contribution in [3.8, 4) is 6.07 Å². The lowest BCUT2D eigenvalue weighted by Crippen LogP contribution is -2.50. The maximum atomic E-state index is 12.6. The maximum Gasteiger partial charge on any atom is 0.357 e. The molecule has 126 valence electrons. The molecule has 1 aromatic rings. The monoisotopic (exact) mass is 353 g/mol. The van der Waals surface area contributed by atoms with Crippen molar-refractivity contribution in [3.63, 3.8) is 0 Å². The molecule has 1 rings (SSSR count). The summed E-state index contributed by atoms with van der Waals surface area (Å²) in [5, 5.41) is 10.4. The minimum Gasteiger partial charge on any atom is -0.463 e. The average molecular weight is 354 g/mol. The Morgan fingerprint density at radius 1 is 1.17 bits per heavy atom. The second-order valence-corrected chi connectivity index (χ2v) is 10.5. The van der Waals surface area contributed by atoms with Gasteiger partial charge >= 0.3 is 5.97 Å². The number of halogens is 1. The van der Waals surface area contributed by atoms with Crippen LogP contribution in [0.25, 0.3) is 0 Å². The third kappa shape index (κ3) is 4.14. The molecule has 1 atom stereocenters. The molecule has 0 saturated heterocycles. The van der Waals surface area contributed by atoms with E-state index in [0.29, 0.717) is 10.6 Å². The third-order valence-corrected chi connectivity index (χ3v) is 9.13. The number of carbonyl (C=O) groups excluding carboxylic acids is 1. The number of nitrogens with zero attached hydrogens (tertiary/aromatic N) is 1. The van der Waals surface area contributed by atoms with Gasteiger partial charge < -0.3 is 9.16 Å². The van der Waals surface area contributed by atoms with Crippen molar-refractivity contribution in [2.24, 2.45) is 0 Å². The summed E-state index contributed by atoms with van der Waals surface area (Å²) in [6, 6.07) is 11.2. The van der Waals surface area contributed by atoms with Crippen LogP contribution in [0.3, 0.4) is 0 Å². The average Bonchev–Trinajstić information content (AvgIpc) is 2.58. The minimum atomic E-state index is -2.22. The molecule has 6 heteroatoms. The van der Waals surface area contributed by atoms with E-state index in [-0.39, 0.29) is 6.61 Å². The third-order valence-electron chi connectivity index (χ3n) is 4.27. The summed E-state index contributed by atoms with van der Waals surface area (Å²) in [4.78, 5) is 12.6. The van der Waals surface area contributed by atoms with Gasteiger partial charge in [-0.2, -0.15) is 5.26 Å². The summed E-state index contributed by atoms with van der Waals surface area (Å²) >= 11 is 5.93. The molecule has 1 aromatic carbocycles. The summed E-state index contributed by atoms with van der Waals surface area (Å²) in [5.74, 6) is -0.656. The van der Waals surface area contributed by atoms with Crippen molar-refractivity contribution in [3.05, 3.63) is 34.9 Å². The summed E-state index contributed by atoms with van der Waals surface area (Å²) in [6.07, 6.45) is 0. The van der Waals surface area contributed by atoms with Crippen LogP contribution in [0.1, 0.15) is 33.3 Å². The number of benzene rings is 1. The van der Waals surface area contributed by atoms with Gasteiger partial charge in [-0.05, 0) is 37.2 Å². The summed E-state index contributed by atoms with van der Waals surface area (Å²) < 4.78 is 11.5. The number of ether oxygens (including phenoxy) is 1. The molecule has 0 N–H and O–H groups in total. The zero-order chi connectivity index (χ0) is 17.5. The molecule has 0 aliphatic rings. The summed E-state index contributed by atoms with van der Waals surface area (Å²) in [6.45, 7) is 8.06. The first-order valence-electron chi connectivity index (χ1n) is 7.98. The highest BCUT2D eigenvalue weighted by atomic mass is 35.5. The van der Waals surface area contributed by atoms with Crippen LogP contribution >= 0.6 is 11.6 Å². The van der Waals surface area contributed by atoms with E-state index >= 15 is 0 Å². The van der Waals surface area contributed by atoms with Crippen LogP contribution in [-0.4, -0.2) is 20.9 Å². The Morgan fingerprint density at radius 3 is 2.09 bits per heavy atom. The standard InChI is InChI=1S/C17H24ClNO3Si/c1-5-21-16(20)17(13-19,14-9-11-15(18)12-10-14)22-23(6-2,7-3)8-4/h9-12H,5-8H2,1-4H3. The topological polar surface area (TPSA) is 59.3 Å². The van der Waals surface area contributed by atoms with E-state index in [1.54, 1.807) is 31.2 Å². The predicted octanol–water partition coefficient (Wildman–Crippen LogP) is 4.64. The molecule has 23 heavy (non-hydrogen) atoms. The lowest BCUT2D eigenvalue weighted by Gasteiger charge is -2.36. The van der Waals surface area contributed by atoms with Gasteiger partial charge in [-0.25, -0.2) is 4.79 Å². The van der Waals surface area contributed by atoms with Crippen LogP contribution in [0, 0.1) is 11.3 Å². The Balaban J connectivity index is 3.44. The molecule has 0 radical (unpaired) electrons. The Labute approximate surface area is 144 Å². The van der Waals surface area contributed by atoms with E-state index in [4.69, 9.17) is 20.8 Å². The molecule has 0 fully saturated rings. The molecule has 0 amide bonds. The smallest absolute Gasteiger partial charge is 0.357 e. The normalized spacial score (nSPS) is 13.9. The van der Waals surface area contributed by atoms with Crippen molar-refractivity contribution in [1.29, 1.82) is 5.26 Å². The van der Waals surface area contributed by atoms with E-state index in [1.165, 1.54) is 0 Å². The fourth-order valence-electron chi connectivity index (χ4n) is 2.56. The van der Waals surface area contributed by atoms with E-state index < -0.39 is 19.9 Å². The van der Waals surface area contributed by atoms with Crippen LogP contribution in [0.15, 0.2) is 24.3 Å². The molecule has 0 aliphatic heterocycles. The zero-order valence-electron chi connectivity index (χ0n) is 14.2. The Bertz CT molecular complexity index is 558. The highest BCUT2D eigenvalue weighted by Crippen LogP contribution is 2.36. The molecule has 0 aromatic heterocycles. The van der Waals surface area contributed by atoms with Crippen molar-refractivity contribution in [1.82, 2.24) is 0 Å². The molecular formula is C17H24ClNO3Si. The van der Waals surface area contributed by atoms with Crippen molar-refractivity contribution < 1.29 is 14.0 Å². The van der Waals surface area contributed by atoms with E-state index in [2.05, 4.69) is 6.07 Å². The molecule has 0 bridgehead atoms. The Hall–Kier alpha value is -1.35. The highest BCUT2D eigenvalue weighted by molar-refractivity contribution is 6.73. The van der Waals surface area contributed by atoms with Gasteiger partial charge in [0.2, 0.25) is 0 Å². The number of esters is 1. The van der Waals surface area contributed by atoms with Crippen LogP contribution in [0.4, 0.5) is 0 Å². The van der Waals surface area contributed by atoms with Crippen LogP contribution in [-0.2, 0) is 19.6 Å². The Kier molecular flexibility index (Phi) is 7.27. The van der Waals surface area contributed by atoms with Gasteiger partial charge in [0.05, 0.1) is 6.61 Å². The fraction of sp³-hybridized carbons (Fsp3) is 0.529. The van der Waals surface area contributed by atoms with E-state index in [0.717, 1.165) is 18.1 Å². The molecule has 0 spiro atoms. The van der Waals surface area contributed by atoms with Crippen LogP contribution < -0.4 is 0 Å². The largest absolute Gasteiger partial charge is 0.463 e. The lowest BCUT2D eigenvalue weighted by atomic mass is 9.96. The first kappa shape index (κ1) is 19.7. The fourth-order valence-corrected chi connectivity index (χ4v) is 5.52. The van der Waals surface area contributed by atoms with Crippen molar-refractivity contribution in [2.45, 2.75) is 51.4 Å². The molecule has 4 nitrogen and oxygen atoms in total. The molecular weight excluding hydrogens is 330 g/mol. The quantitative estimate of drug-likeness (QED) is 0.504. The van der Waals surface area contributed by atoms with Crippen molar-refractivity contribution >= 4 is 25.9 Å². The zero-order valence-corrected chi connectivity index (χ0v) is 15.9. The van der Waals surface area contributed by atoms with Gasteiger partial charge in [-0.15, -0.1) is 0 Å². The second-order valence-electron chi connectivity index (χ2n) is 5.37.